The maximum atomic E-state index is 13.0. The Hall–Kier alpha value is -3.53. The number of carboxylic acid groups (broad SMARTS) is 1. The van der Waals surface area contributed by atoms with E-state index in [0.717, 1.165) is 70.6 Å². The van der Waals surface area contributed by atoms with Crippen LogP contribution in [0.3, 0.4) is 0 Å². The van der Waals surface area contributed by atoms with Crippen molar-refractivity contribution in [2.45, 2.75) is 399 Å². The first kappa shape index (κ1) is 91.5. The monoisotopic (exact) mass is 1330 g/mol. The van der Waals surface area contributed by atoms with Crippen molar-refractivity contribution >= 4 is 17.9 Å². The summed E-state index contributed by atoms with van der Waals surface area (Å²) in [7, 11) is 5.95. The zero-order valence-corrected chi connectivity index (χ0v) is 63.3. The number of nitrogens with zero attached hydrogens (tertiary/aromatic N) is 1. The first-order chi connectivity index (χ1) is 46.6. The molecule has 0 aromatic heterocycles. The molecule has 0 rings (SSSR count). The van der Waals surface area contributed by atoms with Crippen molar-refractivity contribution in [2.75, 3.05) is 47.5 Å². The second-order valence-corrected chi connectivity index (χ2v) is 28.7. The zero-order valence-electron chi connectivity index (χ0n) is 63.3. The van der Waals surface area contributed by atoms with Crippen LogP contribution in [0.5, 0.6) is 0 Å². The second-order valence-electron chi connectivity index (χ2n) is 28.7. The van der Waals surface area contributed by atoms with E-state index in [1.165, 1.54) is 283 Å². The Morgan fingerprint density at radius 2 is 0.600 bits per heavy atom. The Labute approximate surface area is 589 Å². The minimum absolute atomic E-state index is 0.149. The van der Waals surface area contributed by atoms with E-state index >= 15 is 0 Å². The number of hydrogen-bond donors (Lipinski definition) is 0. The molecule has 2 atom stereocenters. The van der Waals surface area contributed by atoms with Crippen molar-refractivity contribution in [2.24, 2.45) is 0 Å². The van der Waals surface area contributed by atoms with Gasteiger partial charge in [-0.2, -0.15) is 0 Å². The van der Waals surface area contributed by atoms with Crippen molar-refractivity contribution < 1.29 is 42.9 Å². The molecule has 552 valence electrons. The quantitative estimate of drug-likeness (QED) is 0.0195. The third kappa shape index (κ3) is 77.7. The topological polar surface area (TPSA) is 111 Å². The molecule has 0 heterocycles. The lowest BCUT2D eigenvalue weighted by Gasteiger charge is -2.26. The molecule has 0 N–H and O–H groups in total. The fraction of sp³-hybridized carbons (Fsp3) is 0.802. The number of esters is 2. The first-order valence-corrected chi connectivity index (χ1v) is 40.7. The summed E-state index contributed by atoms with van der Waals surface area (Å²) in [6.45, 7) is 4.68. The average molecular weight is 1330 g/mol. The van der Waals surface area contributed by atoms with Gasteiger partial charge in [0.25, 0.3) is 0 Å². The molecular formula is C86H155NO8. The largest absolute Gasteiger partial charge is 0.545 e. The van der Waals surface area contributed by atoms with E-state index in [1.54, 1.807) is 0 Å². The number of hydrogen-bond acceptors (Lipinski definition) is 8. The van der Waals surface area contributed by atoms with Gasteiger partial charge in [0, 0.05) is 12.8 Å². The minimum Gasteiger partial charge on any atom is -0.545 e. The van der Waals surface area contributed by atoms with Crippen LogP contribution in [-0.4, -0.2) is 82.3 Å². The summed E-state index contributed by atoms with van der Waals surface area (Å²) in [5.41, 5.74) is 0. The van der Waals surface area contributed by atoms with Gasteiger partial charge in [-0.05, 0) is 89.9 Å². The maximum Gasteiger partial charge on any atom is 0.306 e. The standard InChI is InChI=1S/C86H155NO8/c1-6-8-10-12-14-16-18-20-22-24-26-28-30-32-34-36-37-38-39-40-41-42-43-44-45-46-47-49-51-53-55-57-59-61-63-65-67-69-71-73-75-77-84(89)95-82(81-94-86(85(90)91)92-79-78-87(3,4)5)80-93-83(88)76-74-72-70-68-66-64-62-60-58-56-54-52-50-48-35-33-31-29-27-25-23-21-19-17-15-13-11-9-7-2/h8,10,14,16,19-22,25-28,32,34,82,86H,6-7,9,11-13,15,17-18,23-24,29-31,33,35-81H2,1-5H3/b10-8-,16-14-,21-19-,22-20-,27-25-,28-26-,34-32-. The van der Waals surface area contributed by atoms with Crippen LogP contribution in [0.2, 0.25) is 0 Å². The number of likely N-dealkylation sites (N-methyl/N-ethyl adjacent to an activating group) is 1. The van der Waals surface area contributed by atoms with Crippen LogP contribution in [0.4, 0.5) is 0 Å². The van der Waals surface area contributed by atoms with Crippen LogP contribution in [0, 0.1) is 0 Å². The van der Waals surface area contributed by atoms with Crippen molar-refractivity contribution in [3.05, 3.63) is 85.1 Å². The molecular weight excluding hydrogens is 1170 g/mol. The van der Waals surface area contributed by atoms with E-state index in [2.05, 4.69) is 98.9 Å². The van der Waals surface area contributed by atoms with E-state index in [-0.39, 0.29) is 32.2 Å². The summed E-state index contributed by atoms with van der Waals surface area (Å²) in [5, 5.41) is 11.9. The lowest BCUT2D eigenvalue weighted by molar-refractivity contribution is -0.870. The molecule has 0 spiro atoms. The second kappa shape index (κ2) is 76.2. The molecule has 0 radical (unpaired) electrons. The third-order valence-corrected chi connectivity index (χ3v) is 18.1. The maximum absolute atomic E-state index is 13.0. The highest BCUT2D eigenvalue weighted by Gasteiger charge is 2.22. The van der Waals surface area contributed by atoms with Gasteiger partial charge in [-0.1, -0.05) is 369 Å². The zero-order chi connectivity index (χ0) is 69.0. The number of quaternary nitrogens is 1. The molecule has 0 saturated carbocycles. The lowest BCUT2D eigenvalue weighted by Crippen LogP contribution is -2.44. The van der Waals surface area contributed by atoms with Crippen molar-refractivity contribution in [3.63, 3.8) is 0 Å². The fourth-order valence-corrected chi connectivity index (χ4v) is 12.0. The summed E-state index contributed by atoms with van der Waals surface area (Å²) < 4.78 is 22.9. The number of ether oxygens (including phenoxy) is 4. The fourth-order valence-electron chi connectivity index (χ4n) is 12.0. The van der Waals surface area contributed by atoms with Crippen molar-refractivity contribution in [3.8, 4) is 0 Å². The first-order valence-electron chi connectivity index (χ1n) is 40.7. The SMILES string of the molecule is CC/C=C\C/C=C\C/C=C\C/C=C\C/C=C\CCCCCCCCCCCCCCCCCCCCCCCCCCCC(=O)OC(COC(=O)CCCCCCCCCCCCCCCCCCC/C=C\C/C=C\CCCCCCC)COC(OCC[N+](C)(C)C)C(=O)[O-]. The van der Waals surface area contributed by atoms with E-state index in [9.17, 15) is 19.5 Å². The van der Waals surface area contributed by atoms with E-state index in [4.69, 9.17) is 18.9 Å². The molecule has 95 heavy (non-hydrogen) atoms. The molecule has 2 unspecified atom stereocenters. The molecule has 9 heteroatoms. The molecule has 0 aliphatic rings. The van der Waals surface area contributed by atoms with Gasteiger partial charge in [-0.3, -0.25) is 9.59 Å². The van der Waals surface area contributed by atoms with E-state index in [0.29, 0.717) is 23.9 Å². The predicted octanol–water partition coefficient (Wildman–Crippen LogP) is 24.8. The number of carbonyl (C=O) groups is 3. The Bertz CT molecular complexity index is 1840. The summed E-state index contributed by atoms with van der Waals surface area (Å²) in [5.74, 6) is -2.26. The van der Waals surface area contributed by atoms with Crippen LogP contribution in [-0.2, 0) is 33.3 Å². The highest BCUT2D eigenvalue weighted by molar-refractivity contribution is 5.70. The van der Waals surface area contributed by atoms with Gasteiger partial charge in [0.2, 0.25) is 0 Å². The molecule has 0 aromatic rings. The molecule has 0 aromatic carbocycles. The molecule has 0 fully saturated rings. The van der Waals surface area contributed by atoms with Crippen molar-refractivity contribution in [1.82, 2.24) is 0 Å². The Morgan fingerprint density at radius 3 is 0.895 bits per heavy atom. The molecule has 9 nitrogen and oxygen atoms in total. The van der Waals surface area contributed by atoms with Gasteiger partial charge in [0.15, 0.2) is 12.4 Å². The number of carbonyl (C=O) groups excluding carboxylic acids is 3. The van der Waals surface area contributed by atoms with Gasteiger partial charge in [0.1, 0.15) is 13.2 Å². The number of unbranched alkanes of at least 4 members (excludes halogenated alkanes) is 47. The highest BCUT2D eigenvalue weighted by atomic mass is 16.7. The van der Waals surface area contributed by atoms with Crippen LogP contribution < -0.4 is 5.11 Å². The van der Waals surface area contributed by atoms with Gasteiger partial charge in [-0.15, -0.1) is 0 Å². The Morgan fingerprint density at radius 1 is 0.326 bits per heavy atom. The predicted molar refractivity (Wildman–Crippen MR) is 408 cm³/mol. The number of aliphatic carboxylic acids is 1. The third-order valence-electron chi connectivity index (χ3n) is 18.1. The van der Waals surface area contributed by atoms with Gasteiger partial charge >= 0.3 is 11.9 Å². The Kier molecular flexibility index (Phi) is 73.4. The van der Waals surface area contributed by atoms with Crippen LogP contribution in [0.15, 0.2) is 85.1 Å². The van der Waals surface area contributed by atoms with Gasteiger partial charge in [0.05, 0.1) is 40.3 Å². The normalized spacial score (nSPS) is 13.1. The summed E-state index contributed by atoms with van der Waals surface area (Å²) in [6, 6.07) is 0. The molecule has 0 bridgehead atoms. The van der Waals surface area contributed by atoms with Crippen LogP contribution >= 0.6 is 0 Å². The van der Waals surface area contributed by atoms with Crippen LogP contribution in [0.1, 0.15) is 386 Å². The highest BCUT2D eigenvalue weighted by Crippen LogP contribution is 2.19. The van der Waals surface area contributed by atoms with E-state index in [1.807, 2.05) is 21.1 Å². The van der Waals surface area contributed by atoms with Gasteiger partial charge in [-0.25, -0.2) is 0 Å². The summed E-state index contributed by atoms with van der Waals surface area (Å²) >= 11 is 0. The van der Waals surface area contributed by atoms with Crippen molar-refractivity contribution in [1.29, 1.82) is 0 Å². The smallest absolute Gasteiger partial charge is 0.306 e. The molecule has 0 aliphatic carbocycles. The number of rotatable bonds is 76. The molecule has 0 saturated heterocycles. The summed E-state index contributed by atoms with van der Waals surface area (Å²) in [4.78, 5) is 37.6. The number of carboxylic acids is 1. The lowest BCUT2D eigenvalue weighted by atomic mass is 10.0. The molecule has 0 aliphatic heterocycles. The summed E-state index contributed by atoms with van der Waals surface area (Å²) in [6.07, 6.45) is 101. The Balaban J connectivity index is 3.96. The average Bonchev–Trinajstić information content (AvgIpc) is 3.54. The minimum atomic E-state index is -1.62. The number of allylic oxidation sites excluding steroid dienone is 14. The molecule has 0 amide bonds. The van der Waals surface area contributed by atoms with Gasteiger partial charge < -0.3 is 33.3 Å². The van der Waals surface area contributed by atoms with E-state index < -0.39 is 24.3 Å². The van der Waals surface area contributed by atoms with Crippen LogP contribution in [0.25, 0.3) is 0 Å².